The molecule has 3 fully saturated rings. The molecule has 1 aromatic carbocycles. The van der Waals surface area contributed by atoms with Crippen molar-refractivity contribution in [2.45, 2.75) is 51.0 Å². The molecule has 4 aliphatic rings. The Bertz CT molecular complexity index is 747. The minimum absolute atomic E-state index is 0.0330. The molecule has 3 heterocycles. The average molecular weight is 353 g/mol. The number of hydrogen-bond acceptors (Lipinski definition) is 3. The third-order valence-corrected chi connectivity index (χ3v) is 6.94. The first-order valence-electron chi connectivity index (χ1n) is 10.2. The van der Waals surface area contributed by atoms with E-state index >= 15 is 0 Å². The molecular weight excluding hydrogens is 326 g/mol. The van der Waals surface area contributed by atoms with E-state index in [0.717, 1.165) is 56.2 Å². The van der Waals surface area contributed by atoms with Gasteiger partial charge in [-0.25, -0.2) is 0 Å². The molecule has 1 N–H and O–H groups in total. The molecule has 0 radical (unpaired) electrons. The molecule has 3 aliphatic heterocycles. The Morgan fingerprint density at radius 1 is 1.00 bits per heavy atom. The van der Waals surface area contributed by atoms with Crippen LogP contribution in [0.25, 0.3) is 0 Å². The molecule has 26 heavy (non-hydrogen) atoms. The summed E-state index contributed by atoms with van der Waals surface area (Å²) in [4.78, 5) is 29.6. The van der Waals surface area contributed by atoms with Crippen LogP contribution in [-0.2, 0) is 4.79 Å². The van der Waals surface area contributed by atoms with Crippen molar-refractivity contribution in [1.82, 2.24) is 4.90 Å². The van der Waals surface area contributed by atoms with Crippen molar-refractivity contribution in [3.63, 3.8) is 0 Å². The number of anilines is 2. The highest BCUT2D eigenvalue weighted by atomic mass is 16.2. The Morgan fingerprint density at radius 3 is 2.73 bits per heavy atom. The number of carbonyl (C=O) groups is 2. The molecule has 1 saturated carbocycles. The maximum Gasteiger partial charge on any atom is 0.253 e. The quantitative estimate of drug-likeness (QED) is 0.843. The smallest absolute Gasteiger partial charge is 0.253 e. The summed E-state index contributed by atoms with van der Waals surface area (Å²) in [6.07, 6.45) is 8.40. The lowest BCUT2D eigenvalue weighted by atomic mass is 9.75. The summed E-state index contributed by atoms with van der Waals surface area (Å²) >= 11 is 0. The number of hydrogen-bond donors (Lipinski definition) is 1. The van der Waals surface area contributed by atoms with Crippen molar-refractivity contribution in [3.8, 4) is 0 Å². The first-order chi connectivity index (χ1) is 12.7. The van der Waals surface area contributed by atoms with Gasteiger partial charge in [-0.3, -0.25) is 9.59 Å². The zero-order valence-electron chi connectivity index (χ0n) is 15.2. The van der Waals surface area contributed by atoms with Gasteiger partial charge in [-0.15, -0.1) is 0 Å². The van der Waals surface area contributed by atoms with Gasteiger partial charge >= 0.3 is 0 Å². The number of nitrogens with one attached hydrogen (secondary N) is 1. The van der Waals surface area contributed by atoms with Gasteiger partial charge in [0.1, 0.15) is 6.04 Å². The summed E-state index contributed by atoms with van der Waals surface area (Å²) < 4.78 is 0. The number of nitrogens with zero attached hydrogens (tertiary/aromatic N) is 2. The van der Waals surface area contributed by atoms with Crippen molar-refractivity contribution >= 4 is 23.2 Å². The number of piperidine rings is 1. The fourth-order valence-electron chi connectivity index (χ4n) is 5.53. The first-order valence-corrected chi connectivity index (χ1v) is 10.2. The monoisotopic (exact) mass is 353 g/mol. The van der Waals surface area contributed by atoms with E-state index in [-0.39, 0.29) is 17.9 Å². The molecule has 1 aliphatic carbocycles. The summed E-state index contributed by atoms with van der Waals surface area (Å²) in [6.45, 7) is 2.70. The van der Waals surface area contributed by atoms with Crippen LogP contribution in [0.1, 0.15) is 55.3 Å². The van der Waals surface area contributed by atoms with Crippen molar-refractivity contribution in [1.29, 1.82) is 0 Å². The van der Waals surface area contributed by atoms with Crippen LogP contribution in [0.3, 0.4) is 0 Å². The van der Waals surface area contributed by atoms with E-state index in [1.54, 1.807) is 0 Å². The topological polar surface area (TPSA) is 52.7 Å². The van der Waals surface area contributed by atoms with Gasteiger partial charge in [0, 0.05) is 25.2 Å². The lowest BCUT2D eigenvalue weighted by molar-refractivity contribution is -0.117. The Balaban J connectivity index is 1.36. The highest BCUT2D eigenvalue weighted by molar-refractivity contribution is 6.06. The molecule has 2 amide bonds. The van der Waals surface area contributed by atoms with Crippen molar-refractivity contribution in [3.05, 3.63) is 23.8 Å². The molecule has 5 rings (SSSR count). The molecule has 5 nitrogen and oxygen atoms in total. The highest BCUT2D eigenvalue weighted by Crippen LogP contribution is 2.39. The standard InChI is InChI=1S/C21H27N3O2/c25-20-19-6-3-10-24(19)18-8-7-15(12-17(18)22-20)21(26)23-11-9-14-4-1-2-5-16(14)13-23/h7-8,12,14,16,19H,1-6,9-11,13H2,(H,22,25)/t14-,16-,19-/m1/s1. The van der Waals surface area contributed by atoms with Crippen molar-refractivity contribution in [2.75, 3.05) is 29.9 Å². The van der Waals surface area contributed by atoms with E-state index in [2.05, 4.69) is 10.2 Å². The largest absolute Gasteiger partial charge is 0.358 e. The van der Waals surface area contributed by atoms with Gasteiger partial charge in [-0.05, 0) is 55.7 Å². The van der Waals surface area contributed by atoms with Gasteiger partial charge < -0.3 is 15.1 Å². The second kappa shape index (κ2) is 6.29. The van der Waals surface area contributed by atoms with Gasteiger partial charge in [0.2, 0.25) is 5.91 Å². The maximum absolute atomic E-state index is 13.1. The van der Waals surface area contributed by atoms with Gasteiger partial charge in [0.05, 0.1) is 11.4 Å². The summed E-state index contributed by atoms with van der Waals surface area (Å²) in [6, 6.07) is 5.82. The molecule has 1 aromatic rings. The summed E-state index contributed by atoms with van der Waals surface area (Å²) in [7, 11) is 0. The average Bonchev–Trinajstić information content (AvgIpc) is 3.17. The maximum atomic E-state index is 13.1. The third kappa shape index (κ3) is 2.60. The SMILES string of the molecule is O=C1Nc2cc(C(=O)N3CC[C@H]4CCCC[C@@H]4C3)ccc2N2CCC[C@H]12. The molecule has 0 aromatic heterocycles. The fourth-order valence-corrected chi connectivity index (χ4v) is 5.53. The van der Waals surface area contributed by atoms with E-state index in [1.165, 1.54) is 25.7 Å². The zero-order chi connectivity index (χ0) is 17.7. The number of fused-ring (bicyclic) bond motifs is 4. The molecule has 138 valence electrons. The third-order valence-electron chi connectivity index (χ3n) is 6.94. The fraction of sp³-hybridized carbons (Fsp3) is 0.619. The van der Waals surface area contributed by atoms with Crippen LogP contribution in [0.4, 0.5) is 11.4 Å². The molecule has 5 heteroatoms. The molecule has 0 unspecified atom stereocenters. The molecule has 3 atom stereocenters. The van der Waals surface area contributed by atoms with Gasteiger partial charge in [0.15, 0.2) is 0 Å². The molecular formula is C21H27N3O2. The molecule has 2 saturated heterocycles. The summed E-state index contributed by atoms with van der Waals surface area (Å²) in [5, 5.41) is 3.02. The van der Waals surface area contributed by atoms with E-state index < -0.39 is 0 Å². The highest BCUT2D eigenvalue weighted by Gasteiger charge is 2.37. The normalized spacial score (nSPS) is 30.3. The van der Waals surface area contributed by atoms with Crippen LogP contribution in [0.5, 0.6) is 0 Å². The summed E-state index contributed by atoms with van der Waals surface area (Å²) in [5.41, 5.74) is 2.57. The van der Waals surface area contributed by atoms with Crippen LogP contribution in [-0.4, -0.2) is 42.4 Å². The van der Waals surface area contributed by atoms with E-state index in [1.807, 2.05) is 23.1 Å². The second-order valence-corrected chi connectivity index (χ2v) is 8.42. The van der Waals surface area contributed by atoms with Crippen LogP contribution >= 0.6 is 0 Å². The Morgan fingerprint density at radius 2 is 1.85 bits per heavy atom. The van der Waals surface area contributed by atoms with E-state index in [4.69, 9.17) is 0 Å². The number of likely N-dealkylation sites (tertiary alicyclic amines) is 1. The van der Waals surface area contributed by atoms with Crippen molar-refractivity contribution in [2.24, 2.45) is 11.8 Å². The van der Waals surface area contributed by atoms with Gasteiger partial charge in [-0.2, -0.15) is 0 Å². The number of rotatable bonds is 1. The predicted molar refractivity (Wildman–Crippen MR) is 101 cm³/mol. The lowest BCUT2D eigenvalue weighted by Gasteiger charge is -2.41. The second-order valence-electron chi connectivity index (χ2n) is 8.42. The Labute approximate surface area is 154 Å². The summed E-state index contributed by atoms with van der Waals surface area (Å²) in [5.74, 6) is 1.70. The van der Waals surface area contributed by atoms with Crippen LogP contribution < -0.4 is 10.2 Å². The number of benzene rings is 1. The number of amides is 2. The Kier molecular flexibility index (Phi) is 3.91. The van der Waals surface area contributed by atoms with Crippen LogP contribution in [0.15, 0.2) is 18.2 Å². The van der Waals surface area contributed by atoms with E-state index in [0.29, 0.717) is 11.5 Å². The lowest BCUT2D eigenvalue weighted by Crippen LogP contribution is -2.45. The molecule has 0 bridgehead atoms. The first kappa shape index (κ1) is 16.2. The van der Waals surface area contributed by atoms with Gasteiger partial charge in [-0.1, -0.05) is 19.3 Å². The van der Waals surface area contributed by atoms with Crippen LogP contribution in [0.2, 0.25) is 0 Å². The minimum atomic E-state index is -0.0330. The Hall–Kier alpha value is -2.04. The molecule has 0 spiro atoms. The number of carbonyl (C=O) groups excluding carboxylic acids is 2. The predicted octanol–water partition coefficient (Wildman–Crippen LogP) is 3.26. The van der Waals surface area contributed by atoms with E-state index in [9.17, 15) is 9.59 Å². The van der Waals surface area contributed by atoms with Crippen molar-refractivity contribution < 1.29 is 9.59 Å². The minimum Gasteiger partial charge on any atom is -0.358 e. The zero-order valence-corrected chi connectivity index (χ0v) is 15.2. The van der Waals surface area contributed by atoms with Crippen LogP contribution in [0, 0.1) is 11.8 Å². The van der Waals surface area contributed by atoms with Gasteiger partial charge in [0.25, 0.3) is 5.91 Å².